The van der Waals surface area contributed by atoms with Crippen LogP contribution in [0.15, 0.2) is 12.1 Å². The number of hydrogen-bond acceptors (Lipinski definition) is 7. The predicted molar refractivity (Wildman–Crippen MR) is 92.0 cm³/mol. The molecule has 3 atom stereocenters. The van der Waals surface area contributed by atoms with Crippen molar-refractivity contribution >= 4 is 16.7 Å². The van der Waals surface area contributed by atoms with Gasteiger partial charge in [0.15, 0.2) is 17.6 Å². The molecular weight excluding hydrogens is 340 g/mol. The van der Waals surface area contributed by atoms with Crippen LogP contribution in [0.1, 0.15) is 36.7 Å². The van der Waals surface area contributed by atoms with Crippen LogP contribution in [-0.2, 0) is 14.3 Å². The Kier molecular flexibility index (Phi) is 3.84. The first kappa shape index (κ1) is 16.8. The second-order valence-electron chi connectivity index (χ2n) is 6.36. The van der Waals surface area contributed by atoms with Crippen LogP contribution in [0.2, 0.25) is 0 Å². The third-order valence-electron chi connectivity index (χ3n) is 5.05. The molecule has 0 saturated carbocycles. The number of phenolic OH excluding ortho intramolecular Hbond substituents is 1. The number of benzene rings is 2. The van der Waals surface area contributed by atoms with Crippen LogP contribution < -0.4 is 14.2 Å². The highest BCUT2D eigenvalue weighted by Crippen LogP contribution is 2.56. The van der Waals surface area contributed by atoms with E-state index < -0.39 is 6.10 Å². The third-order valence-corrected chi connectivity index (χ3v) is 5.05. The molecule has 26 heavy (non-hydrogen) atoms. The molecule has 2 heterocycles. The van der Waals surface area contributed by atoms with E-state index >= 15 is 0 Å². The lowest BCUT2D eigenvalue weighted by molar-refractivity contribution is -0.143. The summed E-state index contributed by atoms with van der Waals surface area (Å²) in [6.07, 6.45) is -1.09. The van der Waals surface area contributed by atoms with E-state index in [4.69, 9.17) is 23.7 Å². The molecule has 4 rings (SSSR count). The SMILES string of the molecule is COc1ccc2c(OC)c3c(c(OC)c2c1O)[C@H](C)O[C@H]1CC(=O)O[C@@H]31. The smallest absolute Gasteiger partial charge is 0.309 e. The van der Waals surface area contributed by atoms with Gasteiger partial charge in [-0.25, -0.2) is 0 Å². The fourth-order valence-corrected chi connectivity index (χ4v) is 4.03. The lowest BCUT2D eigenvalue weighted by atomic mass is 9.87. The zero-order chi connectivity index (χ0) is 18.6. The van der Waals surface area contributed by atoms with E-state index in [1.807, 2.05) is 6.92 Å². The molecule has 7 nitrogen and oxygen atoms in total. The van der Waals surface area contributed by atoms with Crippen molar-refractivity contribution in [2.75, 3.05) is 21.3 Å². The zero-order valence-electron chi connectivity index (χ0n) is 15.0. The van der Waals surface area contributed by atoms with Crippen LogP contribution in [0.4, 0.5) is 0 Å². The normalized spacial score (nSPS) is 24.0. The molecule has 2 aromatic carbocycles. The van der Waals surface area contributed by atoms with E-state index in [-0.39, 0.29) is 30.3 Å². The number of hydrogen-bond donors (Lipinski definition) is 1. The fraction of sp³-hybridized carbons (Fsp3) is 0.421. The van der Waals surface area contributed by atoms with E-state index in [2.05, 4.69) is 0 Å². The van der Waals surface area contributed by atoms with E-state index in [0.717, 1.165) is 5.56 Å². The highest BCUT2D eigenvalue weighted by molar-refractivity contribution is 6.02. The highest BCUT2D eigenvalue weighted by atomic mass is 16.6. The average molecular weight is 360 g/mol. The lowest BCUT2D eigenvalue weighted by Crippen LogP contribution is -2.27. The molecule has 0 aromatic heterocycles. The fourth-order valence-electron chi connectivity index (χ4n) is 4.03. The van der Waals surface area contributed by atoms with Gasteiger partial charge in [0.1, 0.15) is 17.6 Å². The van der Waals surface area contributed by atoms with E-state index in [1.165, 1.54) is 14.2 Å². The van der Waals surface area contributed by atoms with Crippen molar-refractivity contribution in [2.45, 2.75) is 31.7 Å². The van der Waals surface area contributed by atoms with Crippen molar-refractivity contribution in [1.82, 2.24) is 0 Å². The predicted octanol–water partition coefficient (Wildman–Crippen LogP) is 3.02. The summed E-state index contributed by atoms with van der Waals surface area (Å²) < 4.78 is 28.1. The van der Waals surface area contributed by atoms with Gasteiger partial charge in [0.25, 0.3) is 0 Å². The molecule has 2 aliphatic heterocycles. The number of rotatable bonds is 3. The molecule has 7 heteroatoms. The molecule has 2 aliphatic rings. The minimum atomic E-state index is -0.564. The summed E-state index contributed by atoms with van der Waals surface area (Å²) in [5.74, 6) is 0.974. The third kappa shape index (κ3) is 2.13. The minimum Gasteiger partial charge on any atom is -0.504 e. The number of fused-ring (bicyclic) bond motifs is 4. The molecular formula is C19H20O7. The summed E-state index contributed by atoms with van der Waals surface area (Å²) in [6.45, 7) is 1.88. The van der Waals surface area contributed by atoms with Crippen molar-refractivity contribution in [3.05, 3.63) is 23.3 Å². The molecule has 1 N–H and O–H groups in total. The first-order valence-corrected chi connectivity index (χ1v) is 8.34. The second-order valence-corrected chi connectivity index (χ2v) is 6.36. The van der Waals surface area contributed by atoms with Crippen molar-refractivity contribution in [3.63, 3.8) is 0 Å². The Labute approximate surface area is 150 Å². The summed E-state index contributed by atoms with van der Waals surface area (Å²) in [6, 6.07) is 3.45. The Bertz CT molecular complexity index is 905. The van der Waals surface area contributed by atoms with Gasteiger partial charge in [-0.2, -0.15) is 0 Å². The summed E-state index contributed by atoms with van der Waals surface area (Å²) in [7, 11) is 4.56. The Morgan fingerprint density at radius 3 is 2.46 bits per heavy atom. The maximum Gasteiger partial charge on any atom is 0.309 e. The van der Waals surface area contributed by atoms with Gasteiger partial charge in [-0.15, -0.1) is 0 Å². The van der Waals surface area contributed by atoms with Crippen molar-refractivity contribution < 1.29 is 33.6 Å². The summed E-state index contributed by atoms with van der Waals surface area (Å²) in [5, 5.41) is 11.8. The number of carbonyl (C=O) groups excluding carboxylic acids is 1. The number of ether oxygens (including phenoxy) is 5. The molecule has 0 radical (unpaired) electrons. The maximum atomic E-state index is 11.9. The van der Waals surface area contributed by atoms with Gasteiger partial charge in [0, 0.05) is 16.5 Å². The average Bonchev–Trinajstić information content (AvgIpc) is 3.00. The van der Waals surface area contributed by atoms with Gasteiger partial charge in [-0.3, -0.25) is 4.79 Å². The monoisotopic (exact) mass is 360 g/mol. The van der Waals surface area contributed by atoms with Gasteiger partial charge in [0.2, 0.25) is 0 Å². The maximum absolute atomic E-state index is 11.9. The number of esters is 1. The zero-order valence-corrected chi connectivity index (χ0v) is 15.0. The van der Waals surface area contributed by atoms with Crippen LogP contribution in [-0.4, -0.2) is 38.5 Å². The Balaban J connectivity index is 2.13. The standard InChI is InChI=1S/C19H20O7/c1-8-13-15(18-11(25-8)7-12(20)26-18)17(23-3)9-5-6-10(22-2)16(21)14(9)19(13)24-4/h5-6,8,11,18,21H,7H2,1-4H3/t8-,11-,18+/m0/s1. The first-order valence-electron chi connectivity index (χ1n) is 8.34. The van der Waals surface area contributed by atoms with Crippen molar-refractivity contribution in [1.29, 1.82) is 0 Å². The number of phenols is 1. The topological polar surface area (TPSA) is 83.5 Å². The van der Waals surface area contributed by atoms with Crippen LogP contribution in [0.5, 0.6) is 23.0 Å². The molecule has 0 spiro atoms. The Hall–Kier alpha value is -2.67. The molecule has 0 bridgehead atoms. The van der Waals surface area contributed by atoms with Crippen LogP contribution in [0.3, 0.4) is 0 Å². The lowest BCUT2D eigenvalue weighted by Gasteiger charge is -2.34. The molecule has 0 amide bonds. The number of methoxy groups -OCH3 is 3. The quantitative estimate of drug-likeness (QED) is 0.842. The first-order chi connectivity index (χ1) is 12.5. The summed E-state index contributed by atoms with van der Waals surface area (Å²) in [5.41, 5.74) is 1.44. The van der Waals surface area contributed by atoms with Crippen LogP contribution in [0.25, 0.3) is 10.8 Å². The molecule has 0 unspecified atom stereocenters. The number of aromatic hydroxyl groups is 1. The number of carbonyl (C=O) groups is 1. The van der Waals surface area contributed by atoms with Crippen molar-refractivity contribution in [2.24, 2.45) is 0 Å². The Morgan fingerprint density at radius 1 is 1.08 bits per heavy atom. The van der Waals surface area contributed by atoms with Gasteiger partial charge < -0.3 is 28.8 Å². The second kappa shape index (κ2) is 5.95. The molecule has 1 fully saturated rings. The van der Waals surface area contributed by atoms with Crippen LogP contribution >= 0.6 is 0 Å². The highest BCUT2D eigenvalue weighted by Gasteiger charge is 2.47. The molecule has 138 valence electrons. The van der Waals surface area contributed by atoms with Gasteiger partial charge in [-0.05, 0) is 19.1 Å². The van der Waals surface area contributed by atoms with E-state index in [1.54, 1.807) is 19.2 Å². The summed E-state index contributed by atoms with van der Waals surface area (Å²) in [4.78, 5) is 11.9. The molecule has 0 aliphatic carbocycles. The summed E-state index contributed by atoms with van der Waals surface area (Å²) >= 11 is 0. The van der Waals surface area contributed by atoms with E-state index in [9.17, 15) is 9.90 Å². The van der Waals surface area contributed by atoms with Gasteiger partial charge in [0.05, 0.1) is 39.2 Å². The minimum absolute atomic E-state index is 0.0410. The van der Waals surface area contributed by atoms with E-state index in [0.29, 0.717) is 33.6 Å². The van der Waals surface area contributed by atoms with Gasteiger partial charge in [-0.1, -0.05) is 0 Å². The largest absolute Gasteiger partial charge is 0.504 e. The van der Waals surface area contributed by atoms with Crippen LogP contribution in [0, 0.1) is 0 Å². The van der Waals surface area contributed by atoms with Crippen molar-refractivity contribution in [3.8, 4) is 23.0 Å². The molecule has 2 aromatic rings. The van der Waals surface area contributed by atoms with Gasteiger partial charge >= 0.3 is 5.97 Å². The molecule has 1 saturated heterocycles. The Morgan fingerprint density at radius 2 is 1.81 bits per heavy atom.